The average molecular weight is 395 g/mol. The van der Waals surface area contributed by atoms with E-state index in [9.17, 15) is 0 Å². The quantitative estimate of drug-likeness (QED) is 0.346. The van der Waals surface area contributed by atoms with Gasteiger partial charge in [-0.15, -0.1) is 0 Å². The van der Waals surface area contributed by atoms with E-state index in [-0.39, 0.29) is 0 Å². The van der Waals surface area contributed by atoms with Crippen LogP contribution in [-0.2, 0) is 0 Å². The molecule has 29 heavy (non-hydrogen) atoms. The number of unbranched alkanes of at least 4 members (excludes halogenated alkanes) is 3. The third kappa shape index (κ3) is 7.01. The van der Waals surface area contributed by atoms with Gasteiger partial charge in [0.25, 0.3) is 0 Å². The molecule has 0 N–H and O–H groups in total. The number of benzene rings is 1. The van der Waals surface area contributed by atoms with E-state index in [0.717, 1.165) is 23.7 Å². The third-order valence-corrected chi connectivity index (χ3v) is 8.02. The fourth-order valence-electron chi connectivity index (χ4n) is 5.71. The Labute approximate surface area is 181 Å². The largest absolute Gasteiger partial charge is 0.0804 e. The lowest BCUT2D eigenvalue weighted by Crippen LogP contribution is -2.13. The molecule has 1 saturated carbocycles. The minimum atomic E-state index is 0.816. The van der Waals surface area contributed by atoms with Crippen LogP contribution in [0.15, 0.2) is 30.3 Å². The standard InChI is InChI=1S/C29H46/c1-4-6-7-8-9-24-10-14-26(15-11-24)28-18-20-29(21-19-28)27-16-12-25(13-17-27)22-23(3)5-2/h16,18-21,23-26H,4-15,17,22H2,1-3H3. The van der Waals surface area contributed by atoms with E-state index >= 15 is 0 Å². The summed E-state index contributed by atoms with van der Waals surface area (Å²) in [5.74, 6) is 3.64. The van der Waals surface area contributed by atoms with Gasteiger partial charge < -0.3 is 0 Å². The molecule has 162 valence electrons. The topological polar surface area (TPSA) is 0 Å². The third-order valence-electron chi connectivity index (χ3n) is 8.02. The average Bonchev–Trinajstić information content (AvgIpc) is 2.78. The summed E-state index contributed by atoms with van der Waals surface area (Å²) in [6.07, 6.45) is 22.2. The molecule has 0 spiro atoms. The SMILES string of the molecule is CCCCCCC1CCC(c2ccc(C3=CCC(CC(C)CC)CC3)cc2)CC1. The van der Waals surface area contributed by atoms with Crippen LogP contribution in [0.5, 0.6) is 0 Å². The Morgan fingerprint density at radius 2 is 1.62 bits per heavy atom. The highest BCUT2D eigenvalue weighted by Gasteiger charge is 2.22. The van der Waals surface area contributed by atoms with Crippen molar-refractivity contribution in [3.63, 3.8) is 0 Å². The van der Waals surface area contributed by atoms with Gasteiger partial charge in [-0.1, -0.05) is 89.6 Å². The molecule has 0 nitrogen and oxygen atoms in total. The van der Waals surface area contributed by atoms with Crippen molar-refractivity contribution < 1.29 is 0 Å². The molecule has 0 aromatic heterocycles. The Bertz CT molecular complexity index is 599. The first kappa shape index (κ1) is 22.6. The van der Waals surface area contributed by atoms with Crippen molar-refractivity contribution in [3.8, 4) is 0 Å². The molecule has 0 heteroatoms. The summed E-state index contributed by atoms with van der Waals surface area (Å²) in [5.41, 5.74) is 4.69. The summed E-state index contributed by atoms with van der Waals surface area (Å²) >= 11 is 0. The van der Waals surface area contributed by atoms with Gasteiger partial charge in [0, 0.05) is 0 Å². The molecule has 0 aliphatic heterocycles. The molecule has 0 saturated heterocycles. The number of hydrogen-bond acceptors (Lipinski definition) is 0. The molecule has 3 rings (SSSR count). The van der Waals surface area contributed by atoms with Gasteiger partial charge in [0.15, 0.2) is 0 Å². The second-order valence-electron chi connectivity index (χ2n) is 10.3. The van der Waals surface area contributed by atoms with Gasteiger partial charge >= 0.3 is 0 Å². The first-order chi connectivity index (χ1) is 14.2. The first-order valence-electron chi connectivity index (χ1n) is 13.0. The lowest BCUT2D eigenvalue weighted by atomic mass is 9.76. The Kier molecular flexibility index (Phi) is 9.35. The predicted molar refractivity (Wildman–Crippen MR) is 129 cm³/mol. The molecule has 2 atom stereocenters. The molecule has 2 aliphatic rings. The molecule has 2 unspecified atom stereocenters. The molecule has 1 aromatic carbocycles. The Morgan fingerprint density at radius 1 is 0.862 bits per heavy atom. The van der Waals surface area contributed by atoms with E-state index in [1.807, 2.05) is 0 Å². The molecular weight excluding hydrogens is 348 g/mol. The van der Waals surface area contributed by atoms with Crippen LogP contribution in [0, 0.1) is 17.8 Å². The van der Waals surface area contributed by atoms with Crippen LogP contribution in [0.2, 0.25) is 0 Å². The van der Waals surface area contributed by atoms with Crippen LogP contribution in [0.3, 0.4) is 0 Å². The number of allylic oxidation sites excluding steroid dienone is 2. The summed E-state index contributed by atoms with van der Waals surface area (Å²) in [6.45, 7) is 7.06. The smallest absolute Gasteiger partial charge is 0.0162 e. The highest BCUT2D eigenvalue weighted by Crippen LogP contribution is 2.39. The molecule has 0 bridgehead atoms. The van der Waals surface area contributed by atoms with Gasteiger partial charge in [-0.2, -0.15) is 0 Å². The number of hydrogen-bond donors (Lipinski definition) is 0. The van der Waals surface area contributed by atoms with E-state index < -0.39 is 0 Å². The van der Waals surface area contributed by atoms with Gasteiger partial charge in [-0.3, -0.25) is 0 Å². The van der Waals surface area contributed by atoms with Crippen molar-refractivity contribution in [1.29, 1.82) is 0 Å². The second kappa shape index (κ2) is 12.0. The second-order valence-corrected chi connectivity index (χ2v) is 10.3. The lowest BCUT2D eigenvalue weighted by molar-refractivity contribution is 0.302. The van der Waals surface area contributed by atoms with Gasteiger partial charge in [0.05, 0.1) is 0 Å². The molecule has 1 fully saturated rings. The molecule has 0 heterocycles. The minimum absolute atomic E-state index is 0.816. The monoisotopic (exact) mass is 394 g/mol. The maximum absolute atomic E-state index is 2.55. The first-order valence-corrected chi connectivity index (χ1v) is 13.0. The highest BCUT2D eigenvalue weighted by atomic mass is 14.3. The number of rotatable bonds is 10. The van der Waals surface area contributed by atoms with Gasteiger partial charge in [-0.25, -0.2) is 0 Å². The van der Waals surface area contributed by atoms with E-state index in [2.05, 4.69) is 51.1 Å². The van der Waals surface area contributed by atoms with Gasteiger partial charge in [-0.05, 0) is 91.7 Å². The van der Waals surface area contributed by atoms with E-state index in [0.29, 0.717) is 0 Å². The molecular formula is C29H46. The minimum Gasteiger partial charge on any atom is -0.0804 e. The van der Waals surface area contributed by atoms with Crippen LogP contribution in [0.4, 0.5) is 0 Å². The van der Waals surface area contributed by atoms with Crippen LogP contribution < -0.4 is 0 Å². The van der Waals surface area contributed by atoms with Crippen molar-refractivity contribution in [1.82, 2.24) is 0 Å². The summed E-state index contributed by atoms with van der Waals surface area (Å²) in [7, 11) is 0. The fourth-order valence-corrected chi connectivity index (χ4v) is 5.71. The van der Waals surface area contributed by atoms with Crippen LogP contribution in [0.1, 0.15) is 128 Å². The summed E-state index contributed by atoms with van der Waals surface area (Å²) in [5, 5.41) is 0. The molecule has 0 amide bonds. The van der Waals surface area contributed by atoms with Gasteiger partial charge in [0.1, 0.15) is 0 Å². The lowest BCUT2D eigenvalue weighted by Gasteiger charge is -2.29. The Hall–Kier alpha value is -1.04. The van der Waals surface area contributed by atoms with Crippen LogP contribution in [0.25, 0.3) is 5.57 Å². The van der Waals surface area contributed by atoms with E-state index in [4.69, 9.17) is 0 Å². The molecule has 2 aliphatic carbocycles. The van der Waals surface area contributed by atoms with Crippen molar-refractivity contribution in [2.75, 3.05) is 0 Å². The van der Waals surface area contributed by atoms with Crippen molar-refractivity contribution in [2.24, 2.45) is 17.8 Å². The van der Waals surface area contributed by atoms with E-state index in [1.165, 1.54) is 95.5 Å². The molecule has 0 radical (unpaired) electrons. The van der Waals surface area contributed by atoms with Gasteiger partial charge in [0.2, 0.25) is 0 Å². The van der Waals surface area contributed by atoms with Crippen molar-refractivity contribution in [3.05, 3.63) is 41.5 Å². The maximum atomic E-state index is 2.55. The highest BCUT2D eigenvalue weighted by molar-refractivity contribution is 5.66. The normalized spacial score (nSPS) is 26.2. The zero-order valence-corrected chi connectivity index (χ0v) is 19.6. The van der Waals surface area contributed by atoms with Crippen molar-refractivity contribution in [2.45, 2.75) is 117 Å². The molecule has 1 aromatic rings. The van der Waals surface area contributed by atoms with Crippen molar-refractivity contribution >= 4 is 5.57 Å². The Balaban J connectivity index is 1.45. The summed E-state index contributed by atoms with van der Waals surface area (Å²) in [6, 6.07) is 9.75. The van der Waals surface area contributed by atoms with Crippen LogP contribution in [-0.4, -0.2) is 0 Å². The summed E-state index contributed by atoms with van der Waals surface area (Å²) in [4.78, 5) is 0. The zero-order valence-electron chi connectivity index (χ0n) is 19.6. The fraction of sp³-hybridized carbons (Fsp3) is 0.724. The van der Waals surface area contributed by atoms with Crippen LogP contribution >= 0.6 is 0 Å². The summed E-state index contributed by atoms with van der Waals surface area (Å²) < 4.78 is 0. The maximum Gasteiger partial charge on any atom is -0.0162 e. The zero-order chi connectivity index (χ0) is 20.5. The Morgan fingerprint density at radius 3 is 2.24 bits per heavy atom. The predicted octanol–water partition coefficient (Wildman–Crippen LogP) is 9.55. The van der Waals surface area contributed by atoms with E-state index in [1.54, 1.807) is 11.1 Å².